The largest absolute Gasteiger partial charge is 0.463 e. The predicted octanol–water partition coefficient (Wildman–Crippen LogP) is 3.77. The first-order valence-electron chi connectivity index (χ1n) is 5.23. The number of rotatable bonds is 3. The minimum absolute atomic E-state index is 0.367. The van der Waals surface area contributed by atoms with Gasteiger partial charge in [-0.1, -0.05) is 15.9 Å². The summed E-state index contributed by atoms with van der Waals surface area (Å²) in [5.41, 5.74) is 0.789. The van der Waals surface area contributed by atoms with Crippen molar-refractivity contribution in [3.05, 3.63) is 40.6 Å². The Morgan fingerprint density at radius 1 is 1.47 bits per heavy atom. The Morgan fingerprint density at radius 2 is 2.29 bits per heavy atom. The van der Waals surface area contributed by atoms with Crippen LogP contribution in [0.25, 0.3) is 17.0 Å². The van der Waals surface area contributed by atoms with E-state index in [2.05, 4.69) is 15.9 Å². The van der Waals surface area contributed by atoms with Crippen molar-refractivity contribution in [1.82, 2.24) is 0 Å². The number of hydrogen-bond acceptors (Lipinski definition) is 3. The lowest BCUT2D eigenvalue weighted by Gasteiger charge is -1.92. The van der Waals surface area contributed by atoms with Crippen LogP contribution in [-0.2, 0) is 9.53 Å². The summed E-state index contributed by atoms with van der Waals surface area (Å²) in [5, 5.41) is 0.989. The summed E-state index contributed by atoms with van der Waals surface area (Å²) in [6, 6.07) is 7.61. The van der Waals surface area contributed by atoms with Gasteiger partial charge in [-0.25, -0.2) is 4.79 Å². The van der Waals surface area contributed by atoms with Gasteiger partial charge in [0.15, 0.2) is 0 Å². The second kappa shape index (κ2) is 5.19. The minimum atomic E-state index is -0.367. The monoisotopic (exact) mass is 294 g/mol. The van der Waals surface area contributed by atoms with Gasteiger partial charge in [-0.3, -0.25) is 0 Å². The molecule has 0 spiro atoms. The zero-order chi connectivity index (χ0) is 12.3. The molecule has 0 saturated heterocycles. The maximum absolute atomic E-state index is 11.1. The van der Waals surface area contributed by atoms with Crippen LogP contribution in [0.4, 0.5) is 0 Å². The summed E-state index contributed by atoms with van der Waals surface area (Å²) < 4.78 is 11.3. The lowest BCUT2D eigenvalue weighted by molar-refractivity contribution is -0.137. The summed E-state index contributed by atoms with van der Waals surface area (Å²) in [6.45, 7) is 2.14. The van der Waals surface area contributed by atoms with E-state index >= 15 is 0 Å². The number of ether oxygens (including phenoxy) is 1. The average Bonchev–Trinajstić information content (AvgIpc) is 2.68. The first-order chi connectivity index (χ1) is 8.19. The van der Waals surface area contributed by atoms with Crippen molar-refractivity contribution in [1.29, 1.82) is 0 Å². The lowest BCUT2D eigenvalue weighted by atomic mass is 10.2. The van der Waals surface area contributed by atoms with Crippen molar-refractivity contribution < 1.29 is 13.9 Å². The molecule has 2 aromatic rings. The number of halogens is 1. The van der Waals surface area contributed by atoms with Crippen molar-refractivity contribution in [3.8, 4) is 0 Å². The molecule has 1 aromatic carbocycles. The van der Waals surface area contributed by atoms with Gasteiger partial charge < -0.3 is 9.15 Å². The van der Waals surface area contributed by atoms with Crippen molar-refractivity contribution in [2.75, 3.05) is 6.61 Å². The van der Waals surface area contributed by atoms with Crippen LogP contribution in [0.5, 0.6) is 0 Å². The summed E-state index contributed by atoms with van der Waals surface area (Å²) in [5.74, 6) is 0.264. The zero-order valence-corrected chi connectivity index (χ0v) is 10.9. The molecule has 0 N–H and O–H groups in total. The maximum atomic E-state index is 11.1. The molecule has 0 aliphatic rings. The molecule has 0 atom stereocenters. The molecule has 1 heterocycles. The Labute approximate surface area is 107 Å². The molecule has 3 nitrogen and oxygen atoms in total. The summed E-state index contributed by atoms with van der Waals surface area (Å²) in [6.07, 6.45) is 2.96. The van der Waals surface area contributed by atoms with E-state index in [4.69, 9.17) is 9.15 Å². The normalized spacial score (nSPS) is 11.2. The van der Waals surface area contributed by atoms with Crippen LogP contribution >= 0.6 is 15.9 Å². The van der Waals surface area contributed by atoms with Crippen LogP contribution in [0.2, 0.25) is 0 Å². The minimum Gasteiger partial charge on any atom is -0.463 e. The molecule has 4 heteroatoms. The van der Waals surface area contributed by atoms with Gasteiger partial charge >= 0.3 is 5.97 Å². The fourth-order valence-corrected chi connectivity index (χ4v) is 1.84. The van der Waals surface area contributed by atoms with Crippen molar-refractivity contribution in [2.24, 2.45) is 0 Å². The number of fused-ring (bicyclic) bond motifs is 1. The third-order valence-corrected chi connectivity index (χ3v) is 2.66. The van der Waals surface area contributed by atoms with Crippen molar-refractivity contribution in [2.45, 2.75) is 6.92 Å². The van der Waals surface area contributed by atoms with E-state index < -0.39 is 0 Å². The first-order valence-corrected chi connectivity index (χ1v) is 6.02. The Morgan fingerprint density at radius 3 is 3.06 bits per heavy atom. The van der Waals surface area contributed by atoms with E-state index in [-0.39, 0.29) is 5.97 Å². The summed E-state index contributed by atoms with van der Waals surface area (Å²) in [4.78, 5) is 11.1. The van der Waals surface area contributed by atoms with Gasteiger partial charge in [-0.2, -0.15) is 0 Å². The number of hydrogen-bond donors (Lipinski definition) is 0. The van der Waals surface area contributed by atoms with Crippen LogP contribution < -0.4 is 0 Å². The number of carbonyl (C=O) groups is 1. The molecule has 0 amide bonds. The van der Waals surface area contributed by atoms with E-state index in [1.165, 1.54) is 6.08 Å². The molecule has 2 rings (SSSR count). The first kappa shape index (κ1) is 11.9. The SMILES string of the molecule is CCOC(=O)C=Cc1cc2cc(Br)ccc2o1. The van der Waals surface area contributed by atoms with Gasteiger partial charge in [0.1, 0.15) is 11.3 Å². The highest BCUT2D eigenvalue weighted by Gasteiger charge is 2.02. The number of benzene rings is 1. The lowest BCUT2D eigenvalue weighted by Crippen LogP contribution is -1.98. The molecular weight excluding hydrogens is 284 g/mol. The summed E-state index contributed by atoms with van der Waals surface area (Å²) >= 11 is 3.39. The average molecular weight is 295 g/mol. The predicted molar refractivity (Wildman–Crippen MR) is 69.6 cm³/mol. The summed E-state index contributed by atoms with van der Waals surface area (Å²) in [7, 11) is 0. The van der Waals surface area contributed by atoms with Gasteiger partial charge in [-0.05, 0) is 37.3 Å². The number of esters is 1. The molecule has 88 valence electrons. The van der Waals surface area contributed by atoms with Gasteiger partial charge in [0.25, 0.3) is 0 Å². The van der Waals surface area contributed by atoms with Gasteiger partial charge in [0, 0.05) is 15.9 Å². The van der Waals surface area contributed by atoms with E-state index in [1.54, 1.807) is 13.0 Å². The van der Waals surface area contributed by atoms with E-state index in [1.807, 2.05) is 24.3 Å². The van der Waals surface area contributed by atoms with E-state index in [0.29, 0.717) is 12.4 Å². The molecule has 0 unspecified atom stereocenters. The molecule has 0 aliphatic carbocycles. The second-order valence-electron chi connectivity index (χ2n) is 3.42. The fraction of sp³-hybridized carbons (Fsp3) is 0.154. The number of furan rings is 1. The fourth-order valence-electron chi connectivity index (χ4n) is 1.46. The Hall–Kier alpha value is -1.55. The molecule has 0 aliphatic heterocycles. The second-order valence-corrected chi connectivity index (χ2v) is 4.33. The smallest absolute Gasteiger partial charge is 0.330 e. The highest BCUT2D eigenvalue weighted by molar-refractivity contribution is 9.10. The highest BCUT2D eigenvalue weighted by Crippen LogP contribution is 2.23. The maximum Gasteiger partial charge on any atom is 0.330 e. The third-order valence-electron chi connectivity index (χ3n) is 2.17. The Bertz CT molecular complexity index is 569. The standard InChI is InChI=1S/C13H11BrO3/c1-2-16-13(15)6-4-11-8-9-7-10(14)3-5-12(9)17-11/h3-8H,2H2,1H3. The Kier molecular flexibility index (Phi) is 3.64. The molecule has 0 saturated carbocycles. The molecular formula is C13H11BrO3. The van der Waals surface area contributed by atoms with Crippen LogP contribution in [0.1, 0.15) is 12.7 Å². The Balaban J connectivity index is 2.22. The molecule has 0 bridgehead atoms. The van der Waals surface area contributed by atoms with E-state index in [0.717, 1.165) is 15.4 Å². The van der Waals surface area contributed by atoms with Gasteiger partial charge in [-0.15, -0.1) is 0 Å². The quantitative estimate of drug-likeness (QED) is 0.639. The highest BCUT2D eigenvalue weighted by atomic mass is 79.9. The topological polar surface area (TPSA) is 39.4 Å². The third kappa shape index (κ3) is 2.97. The van der Waals surface area contributed by atoms with Crippen LogP contribution in [0.15, 0.2) is 39.2 Å². The molecule has 1 aromatic heterocycles. The molecule has 0 radical (unpaired) electrons. The molecule has 0 fully saturated rings. The van der Waals surface area contributed by atoms with E-state index in [9.17, 15) is 4.79 Å². The van der Waals surface area contributed by atoms with Gasteiger partial charge in [0.05, 0.1) is 6.61 Å². The van der Waals surface area contributed by atoms with Crippen molar-refractivity contribution in [3.63, 3.8) is 0 Å². The zero-order valence-electron chi connectivity index (χ0n) is 9.27. The van der Waals surface area contributed by atoms with Crippen LogP contribution in [0.3, 0.4) is 0 Å². The van der Waals surface area contributed by atoms with Crippen LogP contribution in [0, 0.1) is 0 Å². The van der Waals surface area contributed by atoms with Crippen LogP contribution in [-0.4, -0.2) is 12.6 Å². The number of carbonyl (C=O) groups excluding carboxylic acids is 1. The van der Waals surface area contributed by atoms with Gasteiger partial charge in [0.2, 0.25) is 0 Å². The molecule has 17 heavy (non-hydrogen) atoms. The van der Waals surface area contributed by atoms with Crippen molar-refractivity contribution >= 4 is 38.9 Å².